The first-order chi connectivity index (χ1) is 12.6. The minimum Gasteiger partial charge on any atom is -0.356 e. The Balaban J connectivity index is 2.18. The minimum absolute atomic E-state index is 0.112. The number of hydrogen-bond donors (Lipinski definition) is 2. The number of nitrogens with one attached hydrogen (secondary N) is 1. The summed E-state index contributed by atoms with van der Waals surface area (Å²) in [6, 6.07) is 0. The van der Waals surface area contributed by atoms with Crippen molar-refractivity contribution in [1.82, 2.24) is 10.2 Å². The second-order valence-electron chi connectivity index (χ2n) is 6.50. The molecule has 27 heavy (non-hydrogen) atoms. The highest BCUT2D eigenvalue weighted by Gasteiger charge is 2.35. The molecule has 2 amide bonds. The van der Waals surface area contributed by atoms with Crippen molar-refractivity contribution in [2.75, 3.05) is 25.4 Å². The number of hydrogen-bond acceptors (Lipinski definition) is 4. The molecule has 0 aromatic rings. The first kappa shape index (κ1) is 23.0. The van der Waals surface area contributed by atoms with Crippen LogP contribution in [0.5, 0.6) is 0 Å². The predicted molar refractivity (Wildman–Crippen MR) is 101 cm³/mol. The molecule has 1 fully saturated rings. The summed E-state index contributed by atoms with van der Waals surface area (Å²) >= 11 is 0. The molecule has 1 aliphatic rings. The van der Waals surface area contributed by atoms with Gasteiger partial charge in [0.15, 0.2) is 0 Å². The zero-order chi connectivity index (χ0) is 20.4. The highest BCUT2D eigenvalue weighted by atomic mass is 32.2. The van der Waals surface area contributed by atoms with Crippen molar-refractivity contribution in [3.63, 3.8) is 0 Å². The quantitative estimate of drug-likeness (QED) is 0.295. The number of unbranched alkanes of at least 4 members (excludes halogenated alkanes) is 3. The molecule has 1 rings (SSSR count). The molecule has 7 nitrogen and oxygen atoms in total. The van der Waals surface area contributed by atoms with Crippen LogP contribution in [0, 0.1) is 5.92 Å². The van der Waals surface area contributed by atoms with Gasteiger partial charge in [0.2, 0.25) is 11.8 Å². The number of likely N-dealkylation sites (tertiary alicyclic amines) is 1. The van der Waals surface area contributed by atoms with Gasteiger partial charge in [-0.25, -0.2) is 4.39 Å². The number of amides is 2. The van der Waals surface area contributed by atoms with Crippen molar-refractivity contribution in [1.29, 1.82) is 0 Å². The topological polar surface area (TPSA) is 104 Å². The Kier molecular flexibility index (Phi) is 9.37. The molecule has 1 aliphatic heterocycles. The van der Waals surface area contributed by atoms with Gasteiger partial charge in [-0.05, 0) is 18.4 Å². The molecule has 0 bridgehead atoms. The van der Waals surface area contributed by atoms with Crippen LogP contribution in [0.25, 0.3) is 0 Å². The minimum atomic E-state index is -3.90. The normalized spacial score (nSPS) is 15.2. The zero-order valence-corrected chi connectivity index (χ0v) is 16.1. The molecule has 0 aromatic carbocycles. The third-order valence-corrected chi connectivity index (χ3v) is 5.05. The van der Waals surface area contributed by atoms with Crippen molar-refractivity contribution >= 4 is 21.9 Å². The maximum atomic E-state index is 13.2. The van der Waals surface area contributed by atoms with Gasteiger partial charge in [0.05, 0.1) is 18.1 Å². The van der Waals surface area contributed by atoms with Crippen LogP contribution in [-0.4, -0.2) is 55.1 Å². The molecule has 0 aliphatic carbocycles. The molecular weight excluding hydrogens is 375 g/mol. The molecule has 2 N–H and O–H groups in total. The molecule has 0 radical (unpaired) electrons. The molecular formula is C18H27FN2O5S. The third-order valence-electron chi connectivity index (χ3n) is 4.24. The summed E-state index contributed by atoms with van der Waals surface area (Å²) < 4.78 is 43.0. The van der Waals surface area contributed by atoms with Gasteiger partial charge in [-0.3, -0.25) is 14.1 Å². The maximum absolute atomic E-state index is 13.2. The molecule has 0 unspecified atom stereocenters. The van der Waals surface area contributed by atoms with Crippen LogP contribution in [0.2, 0.25) is 0 Å². The van der Waals surface area contributed by atoms with Crippen molar-refractivity contribution in [2.24, 2.45) is 5.92 Å². The van der Waals surface area contributed by atoms with Crippen LogP contribution in [0.4, 0.5) is 4.39 Å². The summed E-state index contributed by atoms with van der Waals surface area (Å²) in [7, 11) is -3.90. The smallest absolute Gasteiger partial charge is 0.264 e. The van der Waals surface area contributed by atoms with E-state index in [2.05, 4.69) is 18.5 Å². The highest BCUT2D eigenvalue weighted by molar-refractivity contribution is 7.85. The lowest BCUT2D eigenvalue weighted by Crippen LogP contribution is -2.55. The summed E-state index contributed by atoms with van der Waals surface area (Å²) in [5, 5.41) is 2.79. The molecule has 1 saturated heterocycles. The molecule has 0 saturated carbocycles. The van der Waals surface area contributed by atoms with Crippen LogP contribution >= 0.6 is 0 Å². The van der Waals surface area contributed by atoms with Gasteiger partial charge in [0.25, 0.3) is 10.1 Å². The largest absolute Gasteiger partial charge is 0.356 e. The lowest BCUT2D eigenvalue weighted by Gasteiger charge is -2.38. The molecule has 9 heteroatoms. The summed E-state index contributed by atoms with van der Waals surface area (Å²) in [6.45, 7) is 7.74. The van der Waals surface area contributed by atoms with Crippen LogP contribution in [0.3, 0.4) is 0 Å². The standard InChI is InChI=1S/C18H27FN2O5S/c1-3-8-15(14(2)19)11-17(22)21-12-16(13-21)18(23)20-9-6-4-5-7-10-27(24,25)26/h3,8,16H,1-2,4-7,9-13H2,(H,20,23)(H,24,25,26)/b15-8-. The fraction of sp³-hybridized carbons (Fsp3) is 0.556. The van der Waals surface area contributed by atoms with Gasteiger partial charge in [-0.2, -0.15) is 8.42 Å². The first-order valence-electron chi connectivity index (χ1n) is 8.81. The Morgan fingerprint density at radius 2 is 1.85 bits per heavy atom. The second kappa shape index (κ2) is 11.0. The third kappa shape index (κ3) is 8.96. The van der Waals surface area contributed by atoms with E-state index in [9.17, 15) is 22.4 Å². The van der Waals surface area contributed by atoms with E-state index >= 15 is 0 Å². The Hall–Kier alpha value is -2.00. The Morgan fingerprint density at radius 3 is 2.41 bits per heavy atom. The zero-order valence-electron chi connectivity index (χ0n) is 15.3. The summed E-state index contributed by atoms with van der Waals surface area (Å²) in [5.41, 5.74) is 0.178. The monoisotopic (exact) mass is 402 g/mol. The average Bonchev–Trinajstić information content (AvgIpc) is 2.50. The van der Waals surface area contributed by atoms with Crippen molar-refractivity contribution < 1.29 is 27.0 Å². The van der Waals surface area contributed by atoms with Gasteiger partial charge < -0.3 is 10.2 Å². The van der Waals surface area contributed by atoms with E-state index in [0.717, 1.165) is 6.42 Å². The molecule has 1 heterocycles. The number of carbonyl (C=O) groups is 2. The molecule has 0 spiro atoms. The van der Waals surface area contributed by atoms with E-state index in [1.807, 2.05) is 0 Å². The number of nitrogens with zero attached hydrogens (tertiary/aromatic N) is 1. The number of allylic oxidation sites excluding steroid dienone is 3. The Bertz CT molecular complexity index is 697. The lowest BCUT2D eigenvalue weighted by molar-refractivity contribution is -0.142. The molecule has 0 atom stereocenters. The summed E-state index contributed by atoms with van der Waals surface area (Å²) in [4.78, 5) is 25.6. The lowest BCUT2D eigenvalue weighted by atomic mass is 9.97. The number of halogens is 1. The van der Waals surface area contributed by atoms with E-state index in [-0.39, 0.29) is 35.5 Å². The van der Waals surface area contributed by atoms with Gasteiger partial charge in [-0.1, -0.05) is 38.2 Å². The number of rotatable bonds is 12. The van der Waals surface area contributed by atoms with Gasteiger partial charge in [-0.15, -0.1) is 0 Å². The second-order valence-corrected chi connectivity index (χ2v) is 8.07. The number of carbonyl (C=O) groups excluding carboxylic acids is 2. The SMILES string of the molecule is C=C/C=C(/CC(=O)N1CC(C(=O)NCCCCCCS(=O)(=O)O)C1)C(=C)F. The van der Waals surface area contributed by atoms with Crippen LogP contribution in [-0.2, 0) is 19.7 Å². The molecule has 152 valence electrons. The Labute approximate surface area is 159 Å². The van der Waals surface area contributed by atoms with Gasteiger partial charge >= 0.3 is 0 Å². The van der Waals surface area contributed by atoms with E-state index in [1.54, 1.807) is 0 Å². The van der Waals surface area contributed by atoms with E-state index in [0.29, 0.717) is 38.9 Å². The van der Waals surface area contributed by atoms with Gasteiger partial charge in [0.1, 0.15) is 5.83 Å². The first-order valence-corrected chi connectivity index (χ1v) is 10.4. The fourth-order valence-electron chi connectivity index (χ4n) is 2.63. The average molecular weight is 402 g/mol. The van der Waals surface area contributed by atoms with Crippen LogP contribution in [0.15, 0.2) is 36.7 Å². The highest BCUT2D eigenvalue weighted by Crippen LogP contribution is 2.21. The summed E-state index contributed by atoms with van der Waals surface area (Å²) in [5.74, 6) is -1.58. The predicted octanol–water partition coefficient (Wildman–Crippen LogP) is 1.99. The van der Waals surface area contributed by atoms with Crippen molar-refractivity contribution in [3.8, 4) is 0 Å². The van der Waals surface area contributed by atoms with Crippen LogP contribution < -0.4 is 5.32 Å². The van der Waals surface area contributed by atoms with Crippen LogP contribution in [0.1, 0.15) is 32.1 Å². The van der Waals surface area contributed by atoms with Gasteiger partial charge in [0, 0.05) is 19.6 Å². The maximum Gasteiger partial charge on any atom is 0.264 e. The van der Waals surface area contributed by atoms with E-state index < -0.39 is 15.9 Å². The molecule has 0 aromatic heterocycles. The summed E-state index contributed by atoms with van der Waals surface area (Å²) in [6.07, 6.45) is 5.18. The van der Waals surface area contributed by atoms with Crippen molar-refractivity contribution in [3.05, 3.63) is 36.7 Å². The fourth-order valence-corrected chi connectivity index (χ4v) is 3.20. The van der Waals surface area contributed by atoms with E-state index in [1.165, 1.54) is 17.1 Å². The van der Waals surface area contributed by atoms with Crippen molar-refractivity contribution in [2.45, 2.75) is 32.1 Å². The van der Waals surface area contributed by atoms with E-state index in [4.69, 9.17) is 4.55 Å². The Morgan fingerprint density at radius 1 is 1.22 bits per heavy atom.